The van der Waals surface area contributed by atoms with Crippen LogP contribution >= 0.6 is 39.1 Å². The number of rotatable bonds is 2. The average Bonchev–Trinajstić information content (AvgIpc) is 2.28. The van der Waals surface area contributed by atoms with E-state index in [4.69, 9.17) is 23.2 Å². The van der Waals surface area contributed by atoms with Crippen molar-refractivity contribution in [3.63, 3.8) is 0 Å². The van der Waals surface area contributed by atoms with E-state index in [0.29, 0.717) is 20.9 Å². The Morgan fingerprint density at radius 1 is 1.28 bits per heavy atom. The van der Waals surface area contributed by atoms with Crippen LogP contribution in [0.1, 0.15) is 10.4 Å². The number of aromatic nitrogens is 2. The van der Waals surface area contributed by atoms with Crippen molar-refractivity contribution in [2.75, 3.05) is 5.32 Å². The van der Waals surface area contributed by atoms with Crippen LogP contribution in [0, 0.1) is 0 Å². The number of hydrogen-bond donors (Lipinski definition) is 1. The molecule has 0 bridgehead atoms. The zero-order chi connectivity index (χ0) is 13.1. The molecule has 92 valence electrons. The number of nitrogens with one attached hydrogen (secondary N) is 1. The first-order chi connectivity index (χ1) is 8.56. The lowest BCUT2D eigenvalue weighted by atomic mass is 10.2. The topological polar surface area (TPSA) is 54.9 Å². The number of anilines is 1. The van der Waals surface area contributed by atoms with E-state index in [1.165, 1.54) is 6.20 Å². The molecule has 1 heterocycles. The first kappa shape index (κ1) is 13.3. The fourth-order valence-electron chi connectivity index (χ4n) is 1.26. The quantitative estimate of drug-likeness (QED) is 0.841. The van der Waals surface area contributed by atoms with E-state index in [1.54, 1.807) is 24.3 Å². The Balaban J connectivity index is 2.22. The largest absolute Gasteiger partial charge is 0.306 e. The maximum absolute atomic E-state index is 12.0. The van der Waals surface area contributed by atoms with Crippen molar-refractivity contribution in [3.8, 4) is 0 Å². The second-order valence-electron chi connectivity index (χ2n) is 3.29. The molecule has 0 aliphatic carbocycles. The molecule has 0 spiro atoms. The Morgan fingerprint density at radius 3 is 2.72 bits per heavy atom. The van der Waals surface area contributed by atoms with Gasteiger partial charge < -0.3 is 5.32 Å². The Hall–Kier alpha value is -1.17. The number of benzene rings is 1. The minimum Gasteiger partial charge on any atom is -0.306 e. The third kappa shape index (κ3) is 3.19. The standard InChI is InChI=1S/C11H6BrCl2N3O/c12-8-5-6(13)1-2-7(8)10(18)16-9-3-4-15-11(14)17-9/h1-5H,(H,15,16,17,18). The molecule has 2 aromatic rings. The van der Waals surface area contributed by atoms with Gasteiger partial charge in [-0.1, -0.05) is 11.6 Å². The molecule has 1 amide bonds. The molecule has 1 N–H and O–H groups in total. The number of nitrogens with zero attached hydrogens (tertiary/aromatic N) is 2. The molecule has 0 aliphatic heterocycles. The lowest BCUT2D eigenvalue weighted by molar-refractivity contribution is 0.102. The molecule has 0 fully saturated rings. The number of carbonyl (C=O) groups excluding carboxylic acids is 1. The smallest absolute Gasteiger partial charge is 0.257 e. The first-order valence-corrected chi connectivity index (χ1v) is 6.36. The summed E-state index contributed by atoms with van der Waals surface area (Å²) in [6.07, 6.45) is 1.46. The van der Waals surface area contributed by atoms with Gasteiger partial charge in [0.05, 0.1) is 5.56 Å². The molecule has 0 saturated carbocycles. The van der Waals surface area contributed by atoms with Crippen LogP contribution in [0.2, 0.25) is 10.3 Å². The summed E-state index contributed by atoms with van der Waals surface area (Å²) in [5, 5.41) is 3.23. The van der Waals surface area contributed by atoms with Gasteiger partial charge in [0.25, 0.3) is 5.91 Å². The van der Waals surface area contributed by atoms with Crippen molar-refractivity contribution < 1.29 is 4.79 Å². The predicted molar refractivity (Wildman–Crippen MR) is 74.1 cm³/mol. The second kappa shape index (κ2) is 5.65. The molecule has 7 heteroatoms. The molecule has 2 rings (SSSR count). The molecule has 0 atom stereocenters. The van der Waals surface area contributed by atoms with Crippen LogP contribution in [0.5, 0.6) is 0 Å². The van der Waals surface area contributed by atoms with Crippen LogP contribution in [0.3, 0.4) is 0 Å². The normalized spacial score (nSPS) is 10.2. The number of halogens is 3. The fraction of sp³-hybridized carbons (Fsp3) is 0. The third-order valence-electron chi connectivity index (χ3n) is 2.04. The van der Waals surface area contributed by atoms with Crippen LogP contribution in [-0.2, 0) is 0 Å². The van der Waals surface area contributed by atoms with Gasteiger partial charge in [-0.05, 0) is 51.8 Å². The van der Waals surface area contributed by atoms with Crippen molar-refractivity contribution in [2.24, 2.45) is 0 Å². The van der Waals surface area contributed by atoms with E-state index < -0.39 is 0 Å². The highest BCUT2D eigenvalue weighted by atomic mass is 79.9. The molecule has 4 nitrogen and oxygen atoms in total. The van der Waals surface area contributed by atoms with E-state index in [9.17, 15) is 4.79 Å². The summed E-state index contributed by atoms with van der Waals surface area (Å²) in [7, 11) is 0. The van der Waals surface area contributed by atoms with E-state index >= 15 is 0 Å². The molecule has 1 aromatic heterocycles. The van der Waals surface area contributed by atoms with Gasteiger partial charge in [0.1, 0.15) is 5.82 Å². The third-order valence-corrected chi connectivity index (χ3v) is 3.12. The minimum absolute atomic E-state index is 0.0722. The average molecular weight is 347 g/mol. The zero-order valence-corrected chi connectivity index (χ0v) is 11.9. The molecule has 0 unspecified atom stereocenters. The SMILES string of the molecule is O=C(Nc1ccnc(Cl)n1)c1ccc(Cl)cc1Br. The molecule has 18 heavy (non-hydrogen) atoms. The van der Waals surface area contributed by atoms with Crippen LogP contribution in [-0.4, -0.2) is 15.9 Å². The van der Waals surface area contributed by atoms with E-state index in [2.05, 4.69) is 31.2 Å². The minimum atomic E-state index is -0.312. The summed E-state index contributed by atoms with van der Waals surface area (Å²) in [4.78, 5) is 19.6. The Labute approximate surface area is 121 Å². The van der Waals surface area contributed by atoms with Crippen molar-refractivity contribution >= 4 is 50.9 Å². The summed E-state index contributed by atoms with van der Waals surface area (Å²) < 4.78 is 0.604. The van der Waals surface area contributed by atoms with E-state index in [0.717, 1.165) is 0 Å². The maximum Gasteiger partial charge on any atom is 0.257 e. The van der Waals surface area contributed by atoms with Crippen LogP contribution in [0.15, 0.2) is 34.9 Å². The highest BCUT2D eigenvalue weighted by Gasteiger charge is 2.11. The monoisotopic (exact) mass is 345 g/mol. The van der Waals surface area contributed by atoms with Crippen molar-refractivity contribution in [3.05, 3.63) is 50.8 Å². The Kier molecular flexibility index (Phi) is 4.16. The summed E-state index contributed by atoms with van der Waals surface area (Å²) in [5.74, 6) is 0.0233. The molecule has 0 aliphatic rings. The van der Waals surface area contributed by atoms with Gasteiger partial charge in [0.15, 0.2) is 0 Å². The highest BCUT2D eigenvalue weighted by Crippen LogP contribution is 2.22. The van der Waals surface area contributed by atoms with Crippen LogP contribution in [0.4, 0.5) is 5.82 Å². The van der Waals surface area contributed by atoms with E-state index in [-0.39, 0.29) is 11.2 Å². The Bertz CT molecular complexity index is 607. The molecule has 0 radical (unpaired) electrons. The van der Waals surface area contributed by atoms with Crippen molar-refractivity contribution in [1.29, 1.82) is 0 Å². The van der Waals surface area contributed by atoms with Gasteiger partial charge >= 0.3 is 0 Å². The summed E-state index contributed by atoms with van der Waals surface area (Å²) in [5.41, 5.74) is 0.453. The number of carbonyl (C=O) groups is 1. The molecular formula is C11H6BrCl2N3O. The molecule has 1 aromatic carbocycles. The fourth-order valence-corrected chi connectivity index (χ4v) is 2.27. The zero-order valence-electron chi connectivity index (χ0n) is 8.82. The predicted octanol–water partition coefficient (Wildman–Crippen LogP) is 3.80. The maximum atomic E-state index is 12.0. The number of hydrogen-bond acceptors (Lipinski definition) is 3. The molecule has 0 saturated heterocycles. The number of amides is 1. The molecular weight excluding hydrogens is 341 g/mol. The first-order valence-electron chi connectivity index (χ1n) is 4.81. The Morgan fingerprint density at radius 2 is 2.06 bits per heavy atom. The van der Waals surface area contributed by atoms with Gasteiger partial charge in [-0.2, -0.15) is 0 Å². The lowest BCUT2D eigenvalue weighted by Crippen LogP contribution is -2.13. The van der Waals surface area contributed by atoms with Gasteiger partial charge in [-0.3, -0.25) is 4.79 Å². The second-order valence-corrected chi connectivity index (χ2v) is 4.92. The summed E-state index contributed by atoms with van der Waals surface area (Å²) in [6.45, 7) is 0. The van der Waals surface area contributed by atoms with Crippen LogP contribution in [0.25, 0.3) is 0 Å². The van der Waals surface area contributed by atoms with Crippen LogP contribution < -0.4 is 5.32 Å². The van der Waals surface area contributed by atoms with Crippen molar-refractivity contribution in [1.82, 2.24) is 9.97 Å². The highest BCUT2D eigenvalue weighted by molar-refractivity contribution is 9.10. The van der Waals surface area contributed by atoms with Gasteiger partial charge in [0, 0.05) is 15.7 Å². The van der Waals surface area contributed by atoms with Gasteiger partial charge in [0.2, 0.25) is 5.28 Å². The van der Waals surface area contributed by atoms with Crippen molar-refractivity contribution in [2.45, 2.75) is 0 Å². The van der Waals surface area contributed by atoms with Gasteiger partial charge in [-0.15, -0.1) is 0 Å². The summed E-state index contributed by atoms with van der Waals surface area (Å²) in [6, 6.07) is 6.44. The van der Waals surface area contributed by atoms with E-state index in [1.807, 2.05) is 0 Å². The van der Waals surface area contributed by atoms with Gasteiger partial charge in [-0.25, -0.2) is 9.97 Å². The summed E-state index contributed by atoms with van der Waals surface area (Å²) >= 11 is 14.7. The lowest BCUT2D eigenvalue weighted by Gasteiger charge is -2.06.